The lowest BCUT2D eigenvalue weighted by Crippen LogP contribution is -2.34. The lowest BCUT2D eigenvalue weighted by atomic mass is 9.92. The molecule has 0 radical (unpaired) electrons. The number of rotatable bonds is 2. The van der Waals surface area contributed by atoms with E-state index in [2.05, 4.69) is 27.7 Å². The van der Waals surface area contributed by atoms with E-state index >= 15 is 0 Å². The maximum absolute atomic E-state index is 6.01. The molecule has 12 heavy (non-hydrogen) atoms. The molecule has 1 saturated heterocycles. The van der Waals surface area contributed by atoms with Gasteiger partial charge in [0.1, 0.15) is 0 Å². The summed E-state index contributed by atoms with van der Waals surface area (Å²) in [6, 6.07) is 0. The minimum Gasteiger partial charge on any atom is -0.374 e. The third-order valence-electron chi connectivity index (χ3n) is 2.81. The molecular formula is C11H22O. The Morgan fingerprint density at radius 3 is 1.67 bits per heavy atom. The Bertz CT molecular complexity index is 115. The van der Waals surface area contributed by atoms with Gasteiger partial charge in [0.2, 0.25) is 0 Å². The summed E-state index contributed by atoms with van der Waals surface area (Å²) < 4.78 is 6.01. The van der Waals surface area contributed by atoms with Gasteiger partial charge in [0.15, 0.2) is 0 Å². The van der Waals surface area contributed by atoms with Gasteiger partial charge in [-0.3, -0.25) is 0 Å². The molecule has 0 spiro atoms. The van der Waals surface area contributed by atoms with Gasteiger partial charge in [-0.25, -0.2) is 0 Å². The molecule has 72 valence electrons. The zero-order chi connectivity index (χ0) is 9.14. The first-order chi connectivity index (χ1) is 5.61. The van der Waals surface area contributed by atoms with Gasteiger partial charge in [-0.1, -0.05) is 27.7 Å². The van der Waals surface area contributed by atoms with Crippen LogP contribution in [0.15, 0.2) is 0 Å². The zero-order valence-corrected chi connectivity index (χ0v) is 8.84. The van der Waals surface area contributed by atoms with Crippen LogP contribution in [0.2, 0.25) is 0 Å². The predicted octanol–water partition coefficient (Wildman–Crippen LogP) is 3.24. The standard InChI is InChI=1S/C11H22O/c1-8(2)10-6-5-7-11(12-10)9(3)4/h8-11H,5-7H2,1-4H3/t10-,11+. The van der Waals surface area contributed by atoms with Crippen molar-refractivity contribution in [2.75, 3.05) is 0 Å². The third kappa shape index (κ3) is 2.48. The topological polar surface area (TPSA) is 9.23 Å². The maximum Gasteiger partial charge on any atom is 0.0601 e. The first-order valence-electron chi connectivity index (χ1n) is 5.26. The highest BCUT2D eigenvalue weighted by Crippen LogP contribution is 2.27. The fourth-order valence-corrected chi connectivity index (χ4v) is 1.86. The van der Waals surface area contributed by atoms with E-state index in [0.717, 1.165) is 0 Å². The smallest absolute Gasteiger partial charge is 0.0601 e. The highest BCUT2D eigenvalue weighted by Gasteiger charge is 2.26. The second-order valence-electron chi connectivity index (χ2n) is 4.63. The summed E-state index contributed by atoms with van der Waals surface area (Å²) in [5, 5.41) is 0. The van der Waals surface area contributed by atoms with Crippen molar-refractivity contribution in [1.82, 2.24) is 0 Å². The molecular weight excluding hydrogens is 148 g/mol. The molecule has 0 bridgehead atoms. The molecule has 1 heterocycles. The number of hydrogen-bond donors (Lipinski definition) is 0. The third-order valence-corrected chi connectivity index (χ3v) is 2.81. The molecule has 1 aliphatic heterocycles. The quantitative estimate of drug-likeness (QED) is 0.618. The van der Waals surface area contributed by atoms with Crippen LogP contribution in [-0.4, -0.2) is 12.2 Å². The first-order valence-corrected chi connectivity index (χ1v) is 5.26. The molecule has 0 aliphatic carbocycles. The molecule has 0 N–H and O–H groups in total. The van der Waals surface area contributed by atoms with Gasteiger partial charge in [-0.2, -0.15) is 0 Å². The van der Waals surface area contributed by atoms with Crippen molar-refractivity contribution >= 4 is 0 Å². The highest BCUT2D eigenvalue weighted by molar-refractivity contribution is 4.74. The largest absolute Gasteiger partial charge is 0.374 e. The first kappa shape index (κ1) is 10.0. The average molecular weight is 170 g/mol. The summed E-state index contributed by atoms with van der Waals surface area (Å²) in [4.78, 5) is 0. The second-order valence-corrected chi connectivity index (χ2v) is 4.63. The van der Waals surface area contributed by atoms with Crippen LogP contribution in [0, 0.1) is 11.8 Å². The normalized spacial score (nSPS) is 31.5. The van der Waals surface area contributed by atoms with E-state index in [0.29, 0.717) is 24.0 Å². The van der Waals surface area contributed by atoms with E-state index < -0.39 is 0 Å². The molecule has 0 aromatic carbocycles. The number of ether oxygens (including phenoxy) is 1. The lowest BCUT2D eigenvalue weighted by Gasteiger charge is -2.34. The van der Waals surface area contributed by atoms with Gasteiger partial charge in [0, 0.05) is 0 Å². The molecule has 1 fully saturated rings. The molecule has 0 saturated carbocycles. The average Bonchev–Trinajstić information content (AvgIpc) is 2.04. The van der Waals surface area contributed by atoms with Crippen LogP contribution in [0.1, 0.15) is 47.0 Å². The van der Waals surface area contributed by atoms with E-state index in [9.17, 15) is 0 Å². The van der Waals surface area contributed by atoms with Crippen LogP contribution >= 0.6 is 0 Å². The van der Waals surface area contributed by atoms with E-state index in [1.165, 1.54) is 19.3 Å². The fraction of sp³-hybridized carbons (Fsp3) is 1.00. The molecule has 0 amide bonds. The Morgan fingerprint density at radius 2 is 1.33 bits per heavy atom. The SMILES string of the molecule is CC(C)[C@@H]1CCC[C@H](C(C)C)O1. The Kier molecular flexibility index (Phi) is 3.57. The monoisotopic (exact) mass is 170 g/mol. The van der Waals surface area contributed by atoms with Crippen molar-refractivity contribution < 1.29 is 4.74 Å². The summed E-state index contributed by atoms with van der Waals surface area (Å²) in [7, 11) is 0. The summed E-state index contributed by atoms with van der Waals surface area (Å²) in [6.45, 7) is 9.03. The molecule has 1 rings (SSSR count). The van der Waals surface area contributed by atoms with Crippen LogP contribution in [0.4, 0.5) is 0 Å². The van der Waals surface area contributed by atoms with Crippen LogP contribution in [0.5, 0.6) is 0 Å². The molecule has 2 atom stereocenters. The van der Waals surface area contributed by atoms with Crippen LogP contribution in [0.25, 0.3) is 0 Å². The van der Waals surface area contributed by atoms with E-state index in [-0.39, 0.29) is 0 Å². The predicted molar refractivity (Wildman–Crippen MR) is 52.2 cm³/mol. The minimum atomic E-state index is 0.520. The lowest BCUT2D eigenvalue weighted by molar-refractivity contribution is -0.0892. The summed E-state index contributed by atoms with van der Waals surface area (Å²) in [5.41, 5.74) is 0. The molecule has 1 heteroatoms. The van der Waals surface area contributed by atoms with Gasteiger partial charge in [0.05, 0.1) is 12.2 Å². The zero-order valence-electron chi connectivity index (χ0n) is 8.84. The Hall–Kier alpha value is -0.0400. The fourth-order valence-electron chi connectivity index (χ4n) is 1.86. The van der Waals surface area contributed by atoms with Gasteiger partial charge < -0.3 is 4.74 Å². The molecule has 0 aromatic heterocycles. The summed E-state index contributed by atoms with van der Waals surface area (Å²) in [5.74, 6) is 1.37. The minimum absolute atomic E-state index is 0.520. The van der Waals surface area contributed by atoms with Gasteiger partial charge in [-0.15, -0.1) is 0 Å². The van der Waals surface area contributed by atoms with Crippen molar-refractivity contribution in [3.8, 4) is 0 Å². The maximum atomic E-state index is 6.01. The van der Waals surface area contributed by atoms with Gasteiger partial charge in [-0.05, 0) is 31.1 Å². The Labute approximate surface area is 76.5 Å². The molecule has 1 aliphatic rings. The highest BCUT2D eigenvalue weighted by atomic mass is 16.5. The Morgan fingerprint density at radius 1 is 0.917 bits per heavy atom. The van der Waals surface area contributed by atoms with E-state index in [1.54, 1.807) is 0 Å². The molecule has 0 aromatic rings. The second kappa shape index (κ2) is 4.27. The van der Waals surface area contributed by atoms with Gasteiger partial charge in [0.25, 0.3) is 0 Å². The van der Waals surface area contributed by atoms with Crippen molar-refractivity contribution in [1.29, 1.82) is 0 Å². The van der Waals surface area contributed by atoms with Crippen molar-refractivity contribution in [2.45, 2.75) is 59.2 Å². The summed E-state index contributed by atoms with van der Waals surface area (Å²) >= 11 is 0. The van der Waals surface area contributed by atoms with Crippen molar-refractivity contribution in [3.05, 3.63) is 0 Å². The summed E-state index contributed by atoms with van der Waals surface area (Å²) in [6.07, 6.45) is 4.92. The van der Waals surface area contributed by atoms with Crippen LogP contribution < -0.4 is 0 Å². The number of hydrogen-bond acceptors (Lipinski definition) is 1. The van der Waals surface area contributed by atoms with Crippen molar-refractivity contribution in [3.63, 3.8) is 0 Å². The van der Waals surface area contributed by atoms with Crippen LogP contribution in [-0.2, 0) is 4.74 Å². The molecule has 0 unspecified atom stereocenters. The Balaban J connectivity index is 2.40. The van der Waals surface area contributed by atoms with E-state index in [4.69, 9.17) is 4.74 Å². The van der Waals surface area contributed by atoms with E-state index in [1.807, 2.05) is 0 Å². The molecule has 1 nitrogen and oxygen atoms in total. The van der Waals surface area contributed by atoms with Crippen LogP contribution in [0.3, 0.4) is 0 Å². The van der Waals surface area contributed by atoms with Crippen molar-refractivity contribution in [2.24, 2.45) is 11.8 Å². The van der Waals surface area contributed by atoms with Gasteiger partial charge >= 0.3 is 0 Å².